The molecule has 1 saturated heterocycles. The van der Waals surface area contributed by atoms with E-state index in [1.165, 1.54) is 11.3 Å². The molecule has 26 heavy (non-hydrogen) atoms. The van der Waals surface area contributed by atoms with E-state index in [1.807, 2.05) is 24.0 Å². The first kappa shape index (κ1) is 19.4. The minimum atomic E-state index is -0.451. The summed E-state index contributed by atoms with van der Waals surface area (Å²) in [5, 5.41) is 11.3. The maximum absolute atomic E-state index is 13.0. The molecule has 0 spiro atoms. The third-order valence-corrected chi connectivity index (χ3v) is 6.11. The Kier molecular flexibility index (Phi) is 7.11. The standard InChI is InChI=1S/C20H29NO4S/c1-2-24-20-15(8-6-12-22)16(18-9-7-13-26-18)14-17(25-20)19(23)21-10-4-3-5-11-21/h7,9,13-16,20,22H,2-6,8,10-12H2,1H3/t15-,16+,20-/m0/s1. The molecule has 144 valence electrons. The molecule has 1 N–H and O–H groups in total. The molecule has 0 aromatic carbocycles. The van der Waals surface area contributed by atoms with Crippen LogP contribution in [-0.4, -0.2) is 48.5 Å². The van der Waals surface area contributed by atoms with Gasteiger partial charge in [-0.3, -0.25) is 4.79 Å². The Morgan fingerprint density at radius 1 is 1.38 bits per heavy atom. The average Bonchev–Trinajstić information content (AvgIpc) is 3.21. The van der Waals surface area contributed by atoms with E-state index in [0.717, 1.165) is 32.4 Å². The Morgan fingerprint density at radius 3 is 2.85 bits per heavy atom. The lowest BCUT2D eigenvalue weighted by Crippen LogP contribution is -2.42. The van der Waals surface area contributed by atoms with Crippen LogP contribution in [-0.2, 0) is 14.3 Å². The SMILES string of the molecule is CCO[C@H]1OC(C(=O)N2CCCCC2)=C[C@@H](c2cccs2)[C@@H]1CCCO. The van der Waals surface area contributed by atoms with E-state index in [4.69, 9.17) is 9.47 Å². The molecule has 2 aliphatic heterocycles. The van der Waals surface area contributed by atoms with Gasteiger partial charge in [-0.25, -0.2) is 0 Å². The molecule has 0 aliphatic carbocycles. The van der Waals surface area contributed by atoms with Gasteiger partial charge in [-0.2, -0.15) is 0 Å². The van der Waals surface area contributed by atoms with Crippen molar-refractivity contribution in [3.8, 4) is 0 Å². The molecule has 3 atom stereocenters. The van der Waals surface area contributed by atoms with E-state index in [2.05, 4.69) is 11.4 Å². The number of amides is 1. The summed E-state index contributed by atoms with van der Waals surface area (Å²) in [6.07, 6.45) is 6.33. The van der Waals surface area contributed by atoms with Gasteiger partial charge in [0.1, 0.15) is 0 Å². The van der Waals surface area contributed by atoms with Crippen molar-refractivity contribution in [1.82, 2.24) is 4.90 Å². The molecule has 3 heterocycles. The highest BCUT2D eigenvalue weighted by Crippen LogP contribution is 2.41. The summed E-state index contributed by atoms with van der Waals surface area (Å²) in [7, 11) is 0. The van der Waals surface area contributed by atoms with Crippen molar-refractivity contribution < 1.29 is 19.4 Å². The number of thiophene rings is 1. The molecule has 0 unspecified atom stereocenters. The number of allylic oxidation sites excluding steroid dienone is 1. The van der Waals surface area contributed by atoms with E-state index in [0.29, 0.717) is 18.8 Å². The second-order valence-corrected chi connectivity index (χ2v) is 7.88. The first-order chi connectivity index (χ1) is 12.7. The van der Waals surface area contributed by atoms with Crippen LogP contribution in [0.25, 0.3) is 0 Å². The van der Waals surface area contributed by atoms with E-state index >= 15 is 0 Å². The lowest BCUT2D eigenvalue weighted by molar-refractivity contribution is -0.170. The molecular weight excluding hydrogens is 350 g/mol. The predicted molar refractivity (Wildman–Crippen MR) is 102 cm³/mol. The fourth-order valence-electron chi connectivity index (χ4n) is 3.82. The predicted octanol–water partition coefficient (Wildman–Crippen LogP) is 3.51. The summed E-state index contributed by atoms with van der Waals surface area (Å²) in [5.41, 5.74) is 0. The molecule has 6 heteroatoms. The van der Waals surface area contributed by atoms with Crippen molar-refractivity contribution in [2.45, 2.75) is 51.2 Å². The molecule has 1 aromatic rings. The third-order valence-electron chi connectivity index (χ3n) is 5.14. The molecule has 3 rings (SSSR count). The van der Waals surface area contributed by atoms with Crippen LogP contribution in [0.4, 0.5) is 0 Å². The molecular formula is C20H29NO4S. The van der Waals surface area contributed by atoms with Crippen molar-refractivity contribution >= 4 is 17.2 Å². The second-order valence-electron chi connectivity index (χ2n) is 6.90. The number of piperidine rings is 1. The number of carbonyl (C=O) groups is 1. The topological polar surface area (TPSA) is 59.0 Å². The smallest absolute Gasteiger partial charge is 0.288 e. The fourth-order valence-corrected chi connectivity index (χ4v) is 4.69. The van der Waals surface area contributed by atoms with Gasteiger partial charge in [0.15, 0.2) is 5.76 Å². The van der Waals surface area contributed by atoms with Crippen molar-refractivity contribution in [3.63, 3.8) is 0 Å². The molecule has 1 fully saturated rings. The van der Waals surface area contributed by atoms with E-state index in [-0.39, 0.29) is 24.3 Å². The van der Waals surface area contributed by atoms with Gasteiger partial charge in [0.25, 0.3) is 5.91 Å². The van der Waals surface area contributed by atoms with Crippen LogP contribution in [0.1, 0.15) is 49.8 Å². The van der Waals surface area contributed by atoms with Gasteiger partial charge >= 0.3 is 0 Å². The van der Waals surface area contributed by atoms with Gasteiger partial charge in [0.05, 0.1) is 0 Å². The number of hydrogen-bond acceptors (Lipinski definition) is 5. The number of aliphatic hydroxyl groups excluding tert-OH is 1. The molecule has 0 saturated carbocycles. The minimum absolute atomic E-state index is 0.0171. The number of nitrogens with zero attached hydrogens (tertiary/aromatic N) is 1. The fraction of sp³-hybridized carbons (Fsp3) is 0.650. The van der Waals surface area contributed by atoms with Crippen molar-refractivity contribution in [3.05, 3.63) is 34.2 Å². The van der Waals surface area contributed by atoms with Gasteiger partial charge < -0.3 is 19.5 Å². The highest BCUT2D eigenvalue weighted by Gasteiger charge is 2.39. The summed E-state index contributed by atoms with van der Waals surface area (Å²) < 4.78 is 11.9. The summed E-state index contributed by atoms with van der Waals surface area (Å²) >= 11 is 1.69. The summed E-state index contributed by atoms with van der Waals surface area (Å²) in [6, 6.07) is 4.14. The van der Waals surface area contributed by atoms with Crippen LogP contribution in [0.2, 0.25) is 0 Å². The molecule has 0 bridgehead atoms. The normalized spacial score (nSPS) is 26.3. The van der Waals surface area contributed by atoms with Crippen LogP contribution in [0.15, 0.2) is 29.3 Å². The van der Waals surface area contributed by atoms with Crippen LogP contribution < -0.4 is 0 Å². The van der Waals surface area contributed by atoms with E-state index < -0.39 is 6.29 Å². The highest BCUT2D eigenvalue weighted by molar-refractivity contribution is 7.10. The van der Waals surface area contributed by atoms with E-state index in [1.54, 1.807) is 11.3 Å². The highest BCUT2D eigenvalue weighted by atomic mass is 32.1. The number of rotatable bonds is 7. The zero-order valence-electron chi connectivity index (χ0n) is 15.4. The Hall–Kier alpha value is -1.37. The number of ether oxygens (including phenoxy) is 2. The number of aliphatic hydroxyl groups is 1. The third kappa shape index (κ3) is 4.48. The quantitative estimate of drug-likeness (QED) is 0.788. The maximum atomic E-state index is 13.0. The minimum Gasteiger partial charge on any atom is -0.459 e. The zero-order chi connectivity index (χ0) is 18.4. The Balaban J connectivity index is 1.87. The van der Waals surface area contributed by atoms with Gasteiger partial charge in [-0.15, -0.1) is 11.3 Å². The second kappa shape index (κ2) is 9.53. The van der Waals surface area contributed by atoms with Gasteiger partial charge in [-0.05, 0) is 56.6 Å². The first-order valence-electron chi connectivity index (χ1n) is 9.68. The van der Waals surface area contributed by atoms with Crippen molar-refractivity contribution in [2.24, 2.45) is 5.92 Å². The Labute approximate surface area is 159 Å². The lowest BCUT2D eigenvalue weighted by Gasteiger charge is -2.38. The Bertz CT molecular complexity index is 595. The Morgan fingerprint density at radius 2 is 2.19 bits per heavy atom. The summed E-state index contributed by atoms with van der Waals surface area (Å²) in [5.74, 6) is 0.579. The first-order valence-corrected chi connectivity index (χ1v) is 10.6. The zero-order valence-corrected chi connectivity index (χ0v) is 16.2. The maximum Gasteiger partial charge on any atom is 0.288 e. The van der Waals surface area contributed by atoms with E-state index in [9.17, 15) is 9.90 Å². The molecule has 5 nitrogen and oxygen atoms in total. The van der Waals surface area contributed by atoms with Crippen LogP contribution in [0.5, 0.6) is 0 Å². The molecule has 1 amide bonds. The van der Waals surface area contributed by atoms with Gasteiger partial charge in [0.2, 0.25) is 6.29 Å². The van der Waals surface area contributed by atoms with Crippen molar-refractivity contribution in [1.29, 1.82) is 0 Å². The van der Waals surface area contributed by atoms with Crippen LogP contribution in [0.3, 0.4) is 0 Å². The van der Waals surface area contributed by atoms with Gasteiger partial charge in [0, 0.05) is 43.0 Å². The molecule has 0 radical (unpaired) electrons. The molecule has 2 aliphatic rings. The number of carbonyl (C=O) groups excluding carboxylic acids is 1. The van der Waals surface area contributed by atoms with Crippen molar-refractivity contribution in [2.75, 3.05) is 26.3 Å². The summed E-state index contributed by atoms with van der Waals surface area (Å²) in [4.78, 5) is 16.1. The van der Waals surface area contributed by atoms with Crippen LogP contribution >= 0.6 is 11.3 Å². The molecule has 1 aromatic heterocycles. The summed E-state index contributed by atoms with van der Waals surface area (Å²) in [6.45, 7) is 4.22. The monoisotopic (exact) mass is 379 g/mol. The largest absolute Gasteiger partial charge is 0.459 e. The number of hydrogen-bond donors (Lipinski definition) is 1. The average molecular weight is 380 g/mol. The van der Waals surface area contributed by atoms with Gasteiger partial charge in [-0.1, -0.05) is 6.07 Å². The lowest BCUT2D eigenvalue weighted by atomic mass is 9.84. The van der Waals surface area contributed by atoms with Crippen LogP contribution in [0, 0.1) is 5.92 Å². The number of likely N-dealkylation sites (tertiary alicyclic amines) is 1.